The third kappa shape index (κ3) is 2.99. The maximum Gasteiger partial charge on any atom is 0.251 e. The fourth-order valence-corrected chi connectivity index (χ4v) is 2.19. The van der Waals surface area contributed by atoms with Crippen LogP contribution >= 0.6 is 0 Å². The first-order chi connectivity index (χ1) is 9.49. The van der Waals surface area contributed by atoms with E-state index in [1.165, 1.54) is 5.56 Å². The SMILES string of the molecule is Cc1ccccc1CNC(=O)c1cc(C)c(N)c(C)c1. The number of amides is 1. The fraction of sp³-hybridized carbons (Fsp3) is 0.235. The lowest BCUT2D eigenvalue weighted by molar-refractivity contribution is 0.0950. The zero-order valence-electron chi connectivity index (χ0n) is 12.2. The molecule has 3 N–H and O–H groups in total. The average Bonchev–Trinajstić information content (AvgIpc) is 2.43. The second-order valence-electron chi connectivity index (χ2n) is 5.13. The number of benzene rings is 2. The Morgan fingerprint density at radius 1 is 1.05 bits per heavy atom. The van der Waals surface area contributed by atoms with Crippen molar-refractivity contribution in [3.05, 3.63) is 64.2 Å². The van der Waals surface area contributed by atoms with Gasteiger partial charge in [-0.1, -0.05) is 24.3 Å². The van der Waals surface area contributed by atoms with Gasteiger partial charge in [0.15, 0.2) is 0 Å². The topological polar surface area (TPSA) is 55.1 Å². The Labute approximate surface area is 119 Å². The molecule has 0 saturated carbocycles. The van der Waals surface area contributed by atoms with E-state index in [4.69, 9.17) is 5.73 Å². The summed E-state index contributed by atoms with van der Waals surface area (Å²) in [5, 5.41) is 2.95. The van der Waals surface area contributed by atoms with Gasteiger partial charge in [-0.15, -0.1) is 0 Å². The summed E-state index contributed by atoms with van der Waals surface area (Å²) in [6.45, 7) is 6.41. The average molecular weight is 268 g/mol. The Morgan fingerprint density at radius 2 is 1.65 bits per heavy atom. The van der Waals surface area contributed by atoms with E-state index in [1.807, 2.05) is 57.2 Å². The normalized spacial score (nSPS) is 10.3. The first kappa shape index (κ1) is 14.1. The van der Waals surface area contributed by atoms with E-state index >= 15 is 0 Å². The molecule has 3 nitrogen and oxygen atoms in total. The van der Waals surface area contributed by atoms with Crippen molar-refractivity contribution in [2.24, 2.45) is 0 Å². The zero-order valence-corrected chi connectivity index (χ0v) is 12.2. The maximum absolute atomic E-state index is 12.2. The van der Waals surface area contributed by atoms with Crippen molar-refractivity contribution in [3.8, 4) is 0 Å². The van der Waals surface area contributed by atoms with Crippen LogP contribution in [0.4, 0.5) is 5.69 Å². The van der Waals surface area contributed by atoms with Gasteiger partial charge in [-0.25, -0.2) is 0 Å². The van der Waals surface area contributed by atoms with Crippen LogP contribution in [0.15, 0.2) is 36.4 Å². The quantitative estimate of drug-likeness (QED) is 0.840. The van der Waals surface area contributed by atoms with Crippen LogP contribution in [-0.4, -0.2) is 5.91 Å². The number of hydrogen-bond acceptors (Lipinski definition) is 2. The van der Waals surface area contributed by atoms with Gasteiger partial charge in [0, 0.05) is 17.8 Å². The summed E-state index contributed by atoms with van der Waals surface area (Å²) in [4.78, 5) is 12.2. The minimum absolute atomic E-state index is 0.0700. The summed E-state index contributed by atoms with van der Waals surface area (Å²) in [7, 11) is 0. The molecule has 2 rings (SSSR count). The number of nitrogens with two attached hydrogens (primary N) is 1. The number of carbonyl (C=O) groups is 1. The number of carbonyl (C=O) groups excluding carboxylic acids is 1. The molecule has 2 aromatic carbocycles. The number of rotatable bonds is 3. The van der Waals surface area contributed by atoms with Crippen LogP contribution in [0, 0.1) is 20.8 Å². The number of aryl methyl sites for hydroxylation is 3. The van der Waals surface area contributed by atoms with Gasteiger partial charge >= 0.3 is 0 Å². The first-order valence-corrected chi connectivity index (χ1v) is 6.68. The zero-order chi connectivity index (χ0) is 14.7. The molecule has 0 aliphatic carbocycles. The third-order valence-electron chi connectivity index (χ3n) is 3.56. The van der Waals surface area contributed by atoms with Gasteiger partial charge in [0.05, 0.1) is 0 Å². The Hall–Kier alpha value is -2.29. The minimum atomic E-state index is -0.0700. The van der Waals surface area contributed by atoms with Gasteiger partial charge in [-0.3, -0.25) is 4.79 Å². The van der Waals surface area contributed by atoms with Gasteiger partial charge in [0.2, 0.25) is 0 Å². The third-order valence-corrected chi connectivity index (χ3v) is 3.56. The summed E-state index contributed by atoms with van der Waals surface area (Å²) < 4.78 is 0. The molecule has 104 valence electrons. The lowest BCUT2D eigenvalue weighted by Crippen LogP contribution is -2.23. The lowest BCUT2D eigenvalue weighted by atomic mass is 10.0. The van der Waals surface area contributed by atoms with Gasteiger partial charge < -0.3 is 11.1 Å². The minimum Gasteiger partial charge on any atom is -0.398 e. The highest BCUT2D eigenvalue weighted by Gasteiger charge is 2.09. The van der Waals surface area contributed by atoms with Gasteiger partial charge in [0.1, 0.15) is 0 Å². The first-order valence-electron chi connectivity index (χ1n) is 6.68. The van der Waals surface area contributed by atoms with E-state index < -0.39 is 0 Å². The molecular formula is C17H20N2O. The largest absolute Gasteiger partial charge is 0.398 e. The molecule has 1 amide bonds. The van der Waals surface area contributed by atoms with Crippen LogP contribution in [0.3, 0.4) is 0 Å². The predicted octanol–water partition coefficient (Wildman–Crippen LogP) is 3.12. The molecule has 0 saturated heterocycles. The van der Waals surface area contributed by atoms with Crippen LogP contribution in [0.25, 0.3) is 0 Å². The summed E-state index contributed by atoms with van der Waals surface area (Å²) in [5.41, 5.74) is 11.5. The molecule has 0 unspecified atom stereocenters. The Bertz CT molecular complexity index is 624. The number of anilines is 1. The van der Waals surface area contributed by atoms with Crippen LogP contribution in [0.2, 0.25) is 0 Å². The van der Waals surface area contributed by atoms with Crippen LogP contribution in [-0.2, 0) is 6.54 Å². The van der Waals surface area contributed by atoms with E-state index in [-0.39, 0.29) is 5.91 Å². The lowest BCUT2D eigenvalue weighted by Gasteiger charge is -2.10. The second-order valence-corrected chi connectivity index (χ2v) is 5.13. The van der Waals surface area contributed by atoms with Gasteiger partial charge in [0.25, 0.3) is 5.91 Å². The summed E-state index contributed by atoms with van der Waals surface area (Å²) in [6, 6.07) is 11.7. The highest BCUT2D eigenvalue weighted by atomic mass is 16.1. The van der Waals surface area contributed by atoms with E-state index in [9.17, 15) is 4.79 Å². The monoisotopic (exact) mass is 268 g/mol. The number of hydrogen-bond donors (Lipinski definition) is 2. The molecule has 0 radical (unpaired) electrons. The number of nitrogens with one attached hydrogen (secondary N) is 1. The molecule has 0 bridgehead atoms. The van der Waals surface area contributed by atoms with Crippen LogP contribution in [0.5, 0.6) is 0 Å². The molecule has 0 aliphatic heterocycles. The van der Waals surface area contributed by atoms with Crippen molar-refractivity contribution in [3.63, 3.8) is 0 Å². The molecule has 0 fully saturated rings. The molecule has 3 heteroatoms. The summed E-state index contributed by atoms with van der Waals surface area (Å²) >= 11 is 0. The highest BCUT2D eigenvalue weighted by molar-refractivity contribution is 5.95. The van der Waals surface area contributed by atoms with E-state index in [0.717, 1.165) is 22.4 Å². The Kier molecular flexibility index (Phi) is 4.08. The van der Waals surface area contributed by atoms with Gasteiger partial charge in [-0.05, 0) is 55.2 Å². The fourth-order valence-electron chi connectivity index (χ4n) is 2.19. The van der Waals surface area contributed by atoms with Crippen molar-refractivity contribution >= 4 is 11.6 Å². The van der Waals surface area contributed by atoms with Crippen molar-refractivity contribution in [2.45, 2.75) is 27.3 Å². The summed E-state index contributed by atoms with van der Waals surface area (Å²) in [6.07, 6.45) is 0. The summed E-state index contributed by atoms with van der Waals surface area (Å²) in [5.74, 6) is -0.0700. The smallest absolute Gasteiger partial charge is 0.251 e. The predicted molar refractivity (Wildman–Crippen MR) is 82.7 cm³/mol. The van der Waals surface area contributed by atoms with E-state index in [0.29, 0.717) is 12.1 Å². The molecule has 0 heterocycles. The molecule has 0 atom stereocenters. The Morgan fingerprint density at radius 3 is 2.25 bits per heavy atom. The van der Waals surface area contributed by atoms with Crippen molar-refractivity contribution < 1.29 is 4.79 Å². The van der Waals surface area contributed by atoms with Crippen molar-refractivity contribution in [1.29, 1.82) is 0 Å². The molecule has 20 heavy (non-hydrogen) atoms. The molecule has 0 spiro atoms. The second kappa shape index (κ2) is 5.78. The molecule has 0 aliphatic rings. The molecular weight excluding hydrogens is 248 g/mol. The Balaban J connectivity index is 2.11. The van der Waals surface area contributed by atoms with Crippen LogP contribution < -0.4 is 11.1 Å². The van der Waals surface area contributed by atoms with Crippen molar-refractivity contribution in [1.82, 2.24) is 5.32 Å². The molecule has 0 aromatic heterocycles. The van der Waals surface area contributed by atoms with Crippen molar-refractivity contribution in [2.75, 3.05) is 5.73 Å². The van der Waals surface area contributed by atoms with E-state index in [1.54, 1.807) is 0 Å². The highest BCUT2D eigenvalue weighted by Crippen LogP contribution is 2.18. The maximum atomic E-state index is 12.2. The molecule has 2 aromatic rings. The van der Waals surface area contributed by atoms with Crippen LogP contribution in [0.1, 0.15) is 32.6 Å². The number of nitrogen functional groups attached to an aromatic ring is 1. The standard InChI is InChI=1S/C17H20N2O/c1-11-6-4-5-7-14(11)10-19-17(20)15-8-12(2)16(18)13(3)9-15/h4-9H,10,18H2,1-3H3,(H,19,20). The van der Waals surface area contributed by atoms with Gasteiger partial charge in [-0.2, -0.15) is 0 Å². The van der Waals surface area contributed by atoms with E-state index in [2.05, 4.69) is 5.32 Å².